The predicted octanol–water partition coefficient (Wildman–Crippen LogP) is 4.19. The molecule has 104 valence electrons. The summed E-state index contributed by atoms with van der Waals surface area (Å²) in [6.45, 7) is 1.15. The van der Waals surface area contributed by atoms with Crippen LogP contribution >= 0.6 is 11.6 Å². The molecule has 19 heavy (non-hydrogen) atoms. The van der Waals surface area contributed by atoms with Crippen LogP contribution in [0, 0.1) is 17.7 Å². The molecular formula is C16H21ClFN. The highest BCUT2D eigenvalue weighted by Gasteiger charge is 2.29. The van der Waals surface area contributed by atoms with Crippen molar-refractivity contribution < 1.29 is 4.39 Å². The van der Waals surface area contributed by atoms with E-state index in [1.807, 2.05) is 6.07 Å². The molecule has 0 spiro atoms. The molecule has 0 saturated heterocycles. The minimum Gasteiger partial charge on any atom is -0.314 e. The van der Waals surface area contributed by atoms with Crippen molar-refractivity contribution in [1.82, 2.24) is 5.32 Å². The van der Waals surface area contributed by atoms with Crippen molar-refractivity contribution in [2.45, 2.75) is 44.6 Å². The molecule has 0 radical (unpaired) electrons. The lowest BCUT2D eigenvalue weighted by Gasteiger charge is -2.20. The summed E-state index contributed by atoms with van der Waals surface area (Å²) >= 11 is 6.14. The lowest BCUT2D eigenvalue weighted by atomic mass is 9.89. The van der Waals surface area contributed by atoms with Crippen molar-refractivity contribution in [2.24, 2.45) is 11.8 Å². The van der Waals surface area contributed by atoms with Crippen molar-refractivity contribution >= 4 is 11.6 Å². The monoisotopic (exact) mass is 281 g/mol. The molecule has 2 aliphatic rings. The van der Waals surface area contributed by atoms with Gasteiger partial charge in [-0.05, 0) is 68.2 Å². The van der Waals surface area contributed by atoms with Crippen LogP contribution in [0.25, 0.3) is 0 Å². The summed E-state index contributed by atoms with van der Waals surface area (Å²) in [4.78, 5) is 0. The van der Waals surface area contributed by atoms with Gasteiger partial charge in [0.25, 0.3) is 0 Å². The highest BCUT2D eigenvalue weighted by molar-refractivity contribution is 6.31. The SMILES string of the molecule is Fc1ccc(CC2CCCC2CNC2CC2)c(Cl)c1. The maximum absolute atomic E-state index is 13.1. The molecule has 0 aliphatic heterocycles. The first kappa shape index (κ1) is 13.4. The Bertz CT molecular complexity index is 444. The van der Waals surface area contributed by atoms with Gasteiger partial charge in [0.1, 0.15) is 5.82 Å². The smallest absolute Gasteiger partial charge is 0.124 e. The zero-order valence-electron chi connectivity index (χ0n) is 11.2. The first-order chi connectivity index (χ1) is 9.22. The van der Waals surface area contributed by atoms with Gasteiger partial charge < -0.3 is 5.32 Å². The molecule has 0 aromatic heterocycles. The third kappa shape index (κ3) is 3.49. The Kier molecular flexibility index (Phi) is 4.09. The van der Waals surface area contributed by atoms with Gasteiger partial charge in [0, 0.05) is 11.1 Å². The Morgan fingerprint density at radius 2 is 1.95 bits per heavy atom. The Hall–Kier alpha value is -0.600. The van der Waals surface area contributed by atoms with Crippen molar-refractivity contribution in [1.29, 1.82) is 0 Å². The summed E-state index contributed by atoms with van der Waals surface area (Å²) in [5.74, 6) is 1.23. The minimum atomic E-state index is -0.243. The Morgan fingerprint density at radius 1 is 1.16 bits per heavy atom. The van der Waals surface area contributed by atoms with Gasteiger partial charge in [-0.3, -0.25) is 0 Å². The van der Waals surface area contributed by atoms with Gasteiger partial charge in [0.2, 0.25) is 0 Å². The molecule has 2 saturated carbocycles. The molecule has 1 aromatic rings. The molecule has 3 rings (SSSR count). The third-order valence-electron chi connectivity index (χ3n) is 4.56. The van der Waals surface area contributed by atoms with Crippen LogP contribution in [0.5, 0.6) is 0 Å². The van der Waals surface area contributed by atoms with Gasteiger partial charge in [-0.25, -0.2) is 4.39 Å². The van der Waals surface area contributed by atoms with E-state index in [9.17, 15) is 4.39 Å². The lowest BCUT2D eigenvalue weighted by Crippen LogP contribution is -2.27. The van der Waals surface area contributed by atoms with Crippen molar-refractivity contribution in [2.75, 3.05) is 6.54 Å². The fourth-order valence-corrected chi connectivity index (χ4v) is 3.47. The fraction of sp³-hybridized carbons (Fsp3) is 0.625. The first-order valence-corrected chi connectivity index (χ1v) is 7.77. The normalized spacial score (nSPS) is 26.8. The van der Waals surface area contributed by atoms with Crippen LogP contribution in [0.2, 0.25) is 5.02 Å². The van der Waals surface area contributed by atoms with E-state index in [1.165, 1.54) is 44.2 Å². The summed E-state index contributed by atoms with van der Waals surface area (Å²) in [5.41, 5.74) is 1.10. The molecule has 2 unspecified atom stereocenters. The van der Waals surface area contributed by atoms with Gasteiger partial charge in [-0.1, -0.05) is 24.1 Å². The summed E-state index contributed by atoms with van der Waals surface area (Å²) < 4.78 is 13.1. The average Bonchev–Trinajstić information content (AvgIpc) is 3.11. The fourth-order valence-electron chi connectivity index (χ4n) is 3.23. The maximum atomic E-state index is 13.1. The number of nitrogens with one attached hydrogen (secondary N) is 1. The van der Waals surface area contributed by atoms with Crippen molar-refractivity contribution in [3.63, 3.8) is 0 Å². The van der Waals surface area contributed by atoms with E-state index >= 15 is 0 Å². The molecule has 2 atom stereocenters. The Balaban J connectivity index is 1.60. The largest absolute Gasteiger partial charge is 0.314 e. The Morgan fingerprint density at radius 3 is 2.68 bits per heavy atom. The van der Waals surface area contributed by atoms with Crippen LogP contribution in [0.15, 0.2) is 18.2 Å². The van der Waals surface area contributed by atoms with Crippen LogP contribution in [0.1, 0.15) is 37.7 Å². The van der Waals surface area contributed by atoms with Gasteiger partial charge in [0.15, 0.2) is 0 Å². The summed E-state index contributed by atoms with van der Waals surface area (Å²) in [7, 11) is 0. The molecule has 1 N–H and O–H groups in total. The molecule has 3 heteroatoms. The zero-order valence-corrected chi connectivity index (χ0v) is 11.9. The van der Waals surface area contributed by atoms with Crippen molar-refractivity contribution in [3.05, 3.63) is 34.6 Å². The summed E-state index contributed by atoms with van der Waals surface area (Å²) in [5, 5.41) is 4.23. The van der Waals surface area contributed by atoms with Crippen LogP contribution in [0.4, 0.5) is 4.39 Å². The van der Waals surface area contributed by atoms with Gasteiger partial charge >= 0.3 is 0 Å². The second-order valence-corrected chi connectivity index (χ2v) is 6.48. The van der Waals surface area contributed by atoms with E-state index < -0.39 is 0 Å². The van der Waals surface area contributed by atoms with E-state index in [-0.39, 0.29) is 5.82 Å². The average molecular weight is 282 g/mol. The second-order valence-electron chi connectivity index (χ2n) is 6.07. The topological polar surface area (TPSA) is 12.0 Å². The highest BCUT2D eigenvalue weighted by atomic mass is 35.5. The molecule has 0 heterocycles. The molecule has 2 fully saturated rings. The predicted molar refractivity (Wildman–Crippen MR) is 77.0 cm³/mol. The standard InChI is InChI=1S/C16H21ClFN/c17-16-9-14(18)5-4-12(16)8-11-2-1-3-13(11)10-19-15-6-7-15/h4-5,9,11,13,15,19H,1-3,6-8,10H2. The maximum Gasteiger partial charge on any atom is 0.124 e. The third-order valence-corrected chi connectivity index (χ3v) is 4.91. The van der Waals surface area contributed by atoms with Crippen LogP contribution in [-0.4, -0.2) is 12.6 Å². The van der Waals surface area contributed by atoms with Crippen molar-refractivity contribution in [3.8, 4) is 0 Å². The molecular weight excluding hydrogens is 261 g/mol. The van der Waals surface area contributed by atoms with E-state index in [1.54, 1.807) is 0 Å². The van der Waals surface area contributed by atoms with Crippen LogP contribution in [-0.2, 0) is 6.42 Å². The number of rotatable bonds is 5. The van der Waals surface area contributed by atoms with E-state index in [0.717, 1.165) is 30.5 Å². The number of hydrogen-bond acceptors (Lipinski definition) is 1. The van der Waals surface area contributed by atoms with Gasteiger partial charge in [0.05, 0.1) is 0 Å². The van der Waals surface area contributed by atoms with E-state index in [4.69, 9.17) is 11.6 Å². The van der Waals surface area contributed by atoms with Gasteiger partial charge in [-0.15, -0.1) is 0 Å². The summed E-state index contributed by atoms with van der Waals surface area (Å²) in [6, 6.07) is 5.59. The minimum absolute atomic E-state index is 0.243. The van der Waals surface area contributed by atoms with E-state index in [0.29, 0.717) is 10.9 Å². The highest BCUT2D eigenvalue weighted by Crippen LogP contribution is 2.36. The number of benzene rings is 1. The lowest BCUT2D eigenvalue weighted by molar-refractivity contribution is 0.364. The number of halogens is 2. The quantitative estimate of drug-likeness (QED) is 0.853. The van der Waals surface area contributed by atoms with Crippen LogP contribution < -0.4 is 5.32 Å². The molecule has 2 aliphatic carbocycles. The van der Waals surface area contributed by atoms with Gasteiger partial charge in [-0.2, -0.15) is 0 Å². The molecule has 1 aromatic carbocycles. The summed E-state index contributed by atoms with van der Waals surface area (Å²) in [6.07, 6.45) is 7.62. The molecule has 0 bridgehead atoms. The molecule has 0 amide bonds. The Labute approximate surface area is 119 Å². The first-order valence-electron chi connectivity index (χ1n) is 7.39. The second kappa shape index (κ2) is 5.80. The zero-order chi connectivity index (χ0) is 13.2. The van der Waals surface area contributed by atoms with E-state index in [2.05, 4.69) is 5.32 Å². The van der Waals surface area contributed by atoms with Crippen LogP contribution in [0.3, 0.4) is 0 Å². The molecule has 1 nitrogen and oxygen atoms in total. The number of hydrogen-bond donors (Lipinski definition) is 1.